The van der Waals surface area contributed by atoms with Crippen molar-refractivity contribution in [2.75, 3.05) is 32.6 Å². The summed E-state index contributed by atoms with van der Waals surface area (Å²) in [6, 6.07) is 14.7. The Hall–Kier alpha value is -2.40. The zero-order valence-corrected chi connectivity index (χ0v) is 14.4. The molecule has 1 N–H and O–H groups in total. The average molecular weight is 329 g/mol. The largest absolute Gasteiger partial charge is 0.378 e. The van der Waals surface area contributed by atoms with Crippen molar-refractivity contribution in [2.45, 2.75) is 13.1 Å². The molecule has 0 aliphatic carbocycles. The van der Waals surface area contributed by atoms with E-state index in [4.69, 9.17) is 0 Å². The molecule has 2 aromatic rings. The van der Waals surface area contributed by atoms with Gasteiger partial charge >= 0.3 is 0 Å². The van der Waals surface area contributed by atoms with Crippen molar-refractivity contribution in [1.82, 2.24) is 10.2 Å². The van der Waals surface area contributed by atoms with Gasteiger partial charge in [-0.3, -0.25) is 9.69 Å². The summed E-state index contributed by atoms with van der Waals surface area (Å²) in [6.45, 7) is 1.11. The molecule has 0 aromatic heterocycles. The number of nitrogens with one attached hydrogen (secondary N) is 1. The number of likely N-dealkylation sites (N-methyl/N-ethyl adjacent to an activating group) is 1. The van der Waals surface area contributed by atoms with Crippen LogP contribution >= 0.6 is 0 Å². The SMILES string of the molecule is CN(CC(=O)NCc1ccc(N(C)C)cc1)Cc1ccccc1F. The van der Waals surface area contributed by atoms with E-state index in [-0.39, 0.29) is 18.3 Å². The molecule has 0 aliphatic heterocycles. The summed E-state index contributed by atoms with van der Waals surface area (Å²) >= 11 is 0. The molecule has 24 heavy (non-hydrogen) atoms. The van der Waals surface area contributed by atoms with Gasteiger partial charge in [0.1, 0.15) is 5.82 Å². The van der Waals surface area contributed by atoms with E-state index in [1.54, 1.807) is 30.1 Å². The van der Waals surface area contributed by atoms with E-state index >= 15 is 0 Å². The standard InChI is InChI=1S/C19H24FN3O/c1-22(2)17-10-8-15(9-11-17)12-21-19(24)14-23(3)13-16-6-4-5-7-18(16)20/h4-11H,12-14H2,1-3H3,(H,21,24). The second-order valence-electron chi connectivity index (χ2n) is 6.10. The maximum Gasteiger partial charge on any atom is 0.234 e. The first-order valence-electron chi connectivity index (χ1n) is 7.90. The van der Waals surface area contributed by atoms with Crippen molar-refractivity contribution < 1.29 is 9.18 Å². The van der Waals surface area contributed by atoms with Gasteiger partial charge in [-0.05, 0) is 30.8 Å². The lowest BCUT2D eigenvalue weighted by Crippen LogP contribution is -2.34. The quantitative estimate of drug-likeness (QED) is 0.848. The Morgan fingerprint density at radius 2 is 1.71 bits per heavy atom. The molecule has 0 unspecified atom stereocenters. The highest BCUT2D eigenvalue weighted by Crippen LogP contribution is 2.12. The number of anilines is 1. The molecule has 4 nitrogen and oxygen atoms in total. The van der Waals surface area contributed by atoms with Crippen LogP contribution in [-0.2, 0) is 17.9 Å². The summed E-state index contributed by atoms with van der Waals surface area (Å²) < 4.78 is 13.6. The molecule has 0 saturated heterocycles. The molecule has 0 spiro atoms. The summed E-state index contributed by atoms with van der Waals surface area (Å²) in [7, 11) is 5.78. The van der Waals surface area contributed by atoms with Crippen LogP contribution < -0.4 is 10.2 Å². The Labute approximate surface area is 142 Å². The first-order chi connectivity index (χ1) is 11.5. The maximum absolute atomic E-state index is 13.6. The van der Waals surface area contributed by atoms with Gasteiger partial charge in [0.05, 0.1) is 6.54 Å². The molecule has 1 amide bonds. The van der Waals surface area contributed by atoms with E-state index in [1.807, 2.05) is 43.3 Å². The Morgan fingerprint density at radius 3 is 2.33 bits per heavy atom. The summed E-state index contributed by atoms with van der Waals surface area (Å²) in [4.78, 5) is 15.8. The molecular formula is C19H24FN3O. The maximum atomic E-state index is 13.6. The normalized spacial score (nSPS) is 10.7. The molecule has 2 aromatic carbocycles. The van der Waals surface area contributed by atoms with E-state index in [1.165, 1.54) is 6.07 Å². The first-order valence-corrected chi connectivity index (χ1v) is 7.90. The van der Waals surface area contributed by atoms with Crippen molar-refractivity contribution in [1.29, 1.82) is 0 Å². The molecule has 0 saturated carbocycles. The first kappa shape index (κ1) is 17.9. The van der Waals surface area contributed by atoms with Crippen molar-refractivity contribution >= 4 is 11.6 Å². The van der Waals surface area contributed by atoms with Gasteiger partial charge in [-0.25, -0.2) is 4.39 Å². The van der Waals surface area contributed by atoms with Crippen molar-refractivity contribution in [3.63, 3.8) is 0 Å². The lowest BCUT2D eigenvalue weighted by atomic mass is 10.2. The number of amides is 1. The lowest BCUT2D eigenvalue weighted by molar-refractivity contribution is -0.122. The predicted octanol–water partition coefficient (Wildman–Crippen LogP) is 2.64. The van der Waals surface area contributed by atoms with E-state index < -0.39 is 0 Å². The van der Waals surface area contributed by atoms with Crippen LogP contribution in [0.3, 0.4) is 0 Å². The fourth-order valence-electron chi connectivity index (χ4n) is 2.39. The summed E-state index contributed by atoms with van der Waals surface area (Å²) in [5.41, 5.74) is 2.76. The van der Waals surface area contributed by atoms with Gasteiger partial charge in [-0.1, -0.05) is 30.3 Å². The van der Waals surface area contributed by atoms with E-state index in [2.05, 4.69) is 5.32 Å². The average Bonchev–Trinajstić information content (AvgIpc) is 2.55. The fourth-order valence-corrected chi connectivity index (χ4v) is 2.39. The Morgan fingerprint density at radius 1 is 1.04 bits per heavy atom. The second-order valence-corrected chi connectivity index (χ2v) is 6.10. The van der Waals surface area contributed by atoms with Crippen molar-refractivity contribution in [3.05, 3.63) is 65.5 Å². The molecule has 0 fully saturated rings. The topological polar surface area (TPSA) is 35.6 Å². The van der Waals surface area contributed by atoms with Crippen LogP contribution in [0.15, 0.2) is 48.5 Å². The highest BCUT2D eigenvalue weighted by molar-refractivity contribution is 5.78. The number of halogens is 1. The van der Waals surface area contributed by atoms with Gasteiger partial charge < -0.3 is 10.2 Å². The van der Waals surface area contributed by atoms with Crippen LogP contribution in [0.2, 0.25) is 0 Å². The number of hydrogen-bond donors (Lipinski definition) is 1. The lowest BCUT2D eigenvalue weighted by Gasteiger charge is -2.17. The van der Waals surface area contributed by atoms with Gasteiger partial charge in [0.2, 0.25) is 5.91 Å². The van der Waals surface area contributed by atoms with Crippen LogP contribution in [-0.4, -0.2) is 38.5 Å². The smallest absolute Gasteiger partial charge is 0.234 e. The molecule has 0 radical (unpaired) electrons. The van der Waals surface area contributed by atoms with Crippen LogP contribution in [0.1, 0.15) is 11.1 Å². The number of nitrogens with zero attached hydrogens (tertiary/aromatic N) is 2. The van der Waals surface area contributed by atoms with E-state index in [9.17, 15) is 9.18 Å². The molecule has 5 heteroatoms. The van der Waals surface area contributed by atoms with Crippen molar-refractivity contribution in [2.24, 2.45) is 0 Å². The van der Waals surface area contributed by atoms with Gasteiger partial charge in [-0.15, -0.1) is 0 Å². The minimum atomic E-state index is -0.245. The van der Waals surface area contributed by atoms with Crippen LogP contribution in [0.25, 0.3) is 0 Å². The van der Waals surface area contributed by atoms with E-state index in [0.717, 1.165) is 11.3 Å². The third-order valence-electron chi connectivity index (χ3n) is 3.75. The summed E-state index contributed by atoms with van der Waals surface area (Å²) in [5, 5.41) is 2.89. The molecule has 128 valence electrons. The van der Waals surface area contributed by atoms with Crippen molar-refractivity contribution in [3.8, 4) is 0 Å². The van der Waals surface area contributed by atoms with Gasteiger partial charge in [0, 0.05) is 38.4 Å². The molecule has 0 atom stereocenters. The number of benzene rings is 2. The molecular weight excluding hydrogens is 305 g/mol. The highest BCUT2D eigenvalue weighted by atomic mass is 19.1. The monoisotopic (exact) mass is 329 g/mol. The third-order valence-corrected chi connectivity index (χ3v) is 3.75. The van der Waals surface area contributed by atoms with Gasteiger partial charge in [0.25, 0.3) is 0 Å². The van der Waals surface area contributed by atoms with Crippen LogP contribution in [0.4, 0.5) is 10.1 Å². The fraction of sp³-hybridized carbons (Fsp3) is 0.316. The molecule has 0 bridgehead atoms. The minimum absolute atomic E-state index is 0.0782. The summed E-state index contributed by atoms with van der Waals surface area (Å²) in [6.07, 6.45) is 0. The zero-order valence-electron chi connectivity index (χ0n) is 14.4. The highest BCUT2D eigenvalue weighted by Gasteiger charge is 2.09. The Bertz CT molecular complexity index is 671. The third kappa shape index (κ3) is 5.35. The van der Waals surface area contributed by atoms with Gasteiger partial charge in [0.15, 0.2) is 0 Å². The van der Waals surface area contributed by atoms with Crippen LogP contribution in [0.5, 0.6) is 0 Å². The van der Waals surface area contributed by atoms with Crippen LogP contribution in [0, 0.1) is 5.82 Å². The second kappa shape index (κ2) is 8.45. The van der Waals surface area contributed by atoms with Gasteiger partial charge in [-0.2, -0.15) is 0 Å². The molecule has 2 rings (SSSR count). The minimum Gasteiger partial charge on any atom is -0.378 e. The summed E-state index contributed by atoms with van der Waals surface area (Å²) in [5.74, 6) is -0.323. The van der Waals surface area contributed by atoms with E-state index in [0.29, 0.717) is 18.7 Å². The number of rotatable bonds is 7. The predicted molar refractivity (Wildman–Crippen MR) is 95.3 cm³/mol. The Kier molecular flexibility index (Phi) is 6.32. The molecule has 0 aliphatic rings. The number of carbonyl (C=O) groups excluding carboxylic acids is 1. The zero-order chi connectivity index (χ0) is 17.5. The number of carbonyl (C=O) groups is 1. The Balaban J connectivity index is 1.79. The molecule has 0 heterocycles. The number of hydrogen-bond acceptors (Lipinski definition) is 3.